The van der Waals surface area contributed by atoms with Gasteiger partial charge in [0.2, 0.25) is 5.91 Å². The Balaban J connectivity index is 1.79. The van der Waals surface area contributed by atoms with Crippen LogP contribution in [0.3, 0.4) is 0 Å². The first-order valence-electron chi connectivity index (χ1n) is 9.25. The van der Waals surface area contributed by atoms with E-state index in [0.717, 1.165) is 29.9 Å². The number of rotatable bonds is 8. The summed E-state index contributed by atoms with van der Waals surface area (Å²) >= 11 is 2.61. The van der Waals surface area contributed by atoms with E-state index in [1.807, 2.05) is 29.7 Å². The predicted octanol–water partition coefficient (Wildman–Crippen LogP) is 3.94. The minimum Gasteiger partial charge on any atom is -0.366 e. The molecule has 3 rings (SSSR count). The third kappa shape index (κ3) is 4.86. The van der Waals surface area contributed by atoms with E-state index >= 15 is 0 Å². The lowest BCUT2D eigenvalue weighted by Gasteiger charge is -2.13. The van der Waals surface area contributed by atoms with Gasteiger partial charge >= 0.3 is 0 Å². The number of benzene rings is 1. The highest BCUT2D eigenvalue weighted by Gasteiger charge is 2.22. The molecule has 152 valence electrons. The van der Waals surface area contributed by atoms with Crippen LogP contribution in [-0.2, 0) is 11.3 Å². The summed E-state index contributed by atoms with van der Waals surface area (Å²) in [6.45, 7) is 6.68. The highest BCUT2D eigenvalue weighted by molar-refractivity contribution is 8.00. The van der Waals surface area contributed by atoms with E-state index in [4.69, 9.17) is 5.73 Å². The third-order valence-corrected chi connectivity index (χ3v) is 6.17. The second kappa shape index (κ2) is 9.23. The van der Waals surface area contributed by atoms with Crippen LogP contribution in [0.1, 0.15) is 36.2 Å². The molecule has 3 aromatic rings. The number of nitrogens with two attached hydrogens (primary N) is 1. The lowest BCUT2D eigenvalue weighted by atomic mass is 10.1. The molecule has 0 saturated heterocycles. The second-order valence-corrected chi connectivity index (χ2v) is 8.83. The number of thioether (sulfide) groups is 1. The number of hydrogen-bond donors (Lipinski definition) is 2. The van der Waals surface area contributed by atoms with E-state index in [-0.39, 0.29) is 5.91 Å². The number of amides is 2. The SMILES string of the molecule is CCCn1c(SC(C)C(=O)Nc2sccc2C(N)=O)nnc1-c1cccc(C)c1. The fourth-order valence-electron chi connectivity index (χ4n) is 2.82. The molecule has 3 N–H and O–H groups in total. The number of primary amides is 1. The van der Waals surface area contributed by atoms with Crippen molar-refractivity contribution in [3.05, 3.63) is 46.8 Å². The van der Waals surface area contributed by atoms with Gasteiger partial charge < -0.3 is 15.6 Å². The molecule has 2 heterocycles. The number of nitrogens with one attached hydrogen (secondary N) is 1. The standard InChI is InChI=1S/C20H23N5O2S2/c1-4-9-25-17(14-7-5-6-12(2)11-14)23-24-20(25)29-13(3)18(27)22-19-15(16(21)26)8-10-28-19/h5-8,10-11,13H,4,9H2,1-3H3,(H2,21,26)(H,22,27). The Hall–Kier alpha value is -2.65. The van der Waals surface area contributed by atoms with Gasteiger partial charge in [0.05, 0.1) is 10.8 Å². The summed E-state index contributed by atoms with van der Waals surface area (Å²) in [5.41, 5.74) is 7.81. The van der Waals surface area contributed by atoms with Gasteiger partial charge in [-0.3, -0.25) is 9.59 Å². The highest BCUT2D eigenvalue weighted by Crippen LogP contribution is 2.29. The summed E-state index contributed by atoms with van der Waals surface area (Å²) in [6.07, 6.45) is 0.919. The maximum Gasteiger partial charge on any atom is 0.251 e. The van der Waals surface area contributed by atoms with Crippen LogP contribution in [0.5, 0.6) is 0 Å². The molecule has 1 aromatic carbocycles. The van der Waals surface area contributed by atoms with Gasteiger partial charge in [-0.2, -0.15) is 0 Å². The molecule has 0 bridgehead atoms. The number of anilines is 1. The molecule has 0 aliphatic rings. The van der Waals surface area contributed by atoms with Gasteiger partial charge in [0.25, 0.3) is 5.91 Å². The minimum absolute atomic E-state index is 0.219. The lowest BCUT2D eigenvalue weighted by Crippen LogP contribution is -2.24. The Morgan fingerprint density at radius 3 is 2.79 bits per heavy atom. The Kier molecular flexibility index (Phi) is 6.71. The number of aryl methyl sites for hydroxylation is 1. The van der Waals surface area contributed by atoms with Gasteiger partial charge in [-0.1, -0.05) is 42.4 Å². The number of aromatic nitrogens is 3. The average Bonchev–Trinajstić information content (AvgIpc) is 3.29. The van der Waals surface area contributed by atoms with Crippen LogP contribution in [0.25, 0.3) is 11.4 Å². The summed E-state index contributed by atoms with van der Waals surface area (Å²) in [5.74, 6) is 0.00961. The monoisotopic (exact) mass is 429 g/mol. The first kappa shape index (κ1) is 21.1. The van der Waals surface area contributed by atoms with E-state index in [0.29, 0.717) is 15.7 Å². The topological polar surface area (TPSA) is 103 Å². The van der Waals surface area contributed by atoms with Crippen molar-refractivity contribution in [2.45, 2.75) is 44.1 Å². The Morgan fingerprint density at radius 2 is 2.10 bits per heavy atom. The summed E-state index contributed by atoms with van der Waals surface area (Å²) in [4.78, 5) is 24.1. The molecule has 1 atom stereocenters. The van der Waals surface area contributed by atoms with Crippen LogP contribution < -0.4 is 11.1 Å². The van der Waals surface area contributed by atoms with Crippen LogP contribution in [0.2, 0.25) is 0 Å². The molecular weight excluding hydrogens is 406 g/mol. The predicted molar refractivity (Wildman–Crippen MR) is 117 cm³/mol. The zero-order valence-electron chi connectivity index (χ0n) is 16.5. The van der Waals surface area contributed by atoms with Crippen LogP contribution in [0.4, 0.5) is 5.00 Å². The van der Waals surface area contributed by atoms with Crippen LogP contribution in [0, 0.1) is 6.92 Å². The average molecular weight is 430 g/mol. The van der Waals surface area contributed by atoms with Crippen molar-refractivity contribution in [3.63, 3.8) is 0 Å². The third-order valence-electron chi connectivity index (χ3n) is 4.26. The van der Waals surface area contributed by atoms with Crippen LogP contribution in [-0.4, -0.2) is 31.8 Å². The van der Waals surface area contributed by atoms with Crippen molar-refractivity contribution >= 4 is 39.9 Å². The molecular formula is C20H23N5O2S2. The molecule has 2 aromatic heterocycles. The maximum absolute atomic E-state index is 12.6. The Morgan fingerprint density at radius 1 is 1.31 bits per heavy atom. The fraction of sp³-hybridized carbons (Fsp3) is 0.300. The molecule has 0 spiro atoms. The molecule has 0 aliphatic carbocycles. The van der Waals surface area contributed by atoms with Crippen molar-refractivity contribution < 1.29 is 9.59 Å². The number of carbonyl (C=O) groups is 2. The lowest BCUT2D eigenvalue weighted by molar-refractivity contribution is -0.115. The summed E-state index contributed by atoms with van der Waals surface area (Å²) < 4.78 is 2.04. The molecule has 1 unspecified atom stereocenters. The number of carbonyl (C=O) groups excluding carboxylic acids is 2. The molecule has 0 aliphatic heterocycles. The Labute approximate surface area is 177 Å². The van der Waals surface area contributed by atoms with Crippen molar-refractivity contribution in [1.82, 2.24) is 14.8 Å². The van der Waals surface area contributed by atoms with Gasteiger partial charge in [-0.15, -0.1) is 21.5 Å². The van der Waals surface area contributed by atoms with Crippen molar-refractivity contribution in [2.24, 2.45) is 5.73 Å². The highest BCUT2D eigenvalue weighted by atomic mass is 32.2. The normalized spacial score (nSPS) is 12.0. The van der Waals surface area contributed by atoms with Crippen molar-refractivity contribution in [2.75, 3.05) is 5.32 Å². The molecule has 29 heavy (non-hydrogen) atoms. The first-order chi connectivity index (χ1) is 13.9. The largest absolute Gasteiger partial charge is 0.366 e. The van der Waals surface area contributed by atoms with Gasteiger partial charge in [0.1, 0.15) is 5.00 Å². The molecule has 9 heteroatoms. The maximum atomic E-state index is 12.6. The quantitative estimate of drug-likeness (QED) is 0.528. The van der Waals surface area contributed by atoms with E-state index < -0.39 is 11.2 Å². The van der Waals surface area contributed by atoms with E-state index in [1.165, 1.54) is 23.1 Å². The first-order valence-corrected chi connectivity index (χ1v) is 11.0. The van der Waals surface area contributed by atoms with Crippen LogP contribution in [0.15, 0.2) is 40.9 Å². The van der Waals surface area contributed by atoms with E-state index in [2.05, 4.69) is 28.5 Å². The Bertz CT molecular complexity index is 1030. The summed E-state index contributed by atoms with van der Waals surface area (Å²) in [6, 6.07) is 9.72. The van der Waals surface area contributed by atoms with Gasteiger partial charge in [0.15, 0.2) is 11.0 Å². The fourth-order valence-corrected chi connectivity index (χ4v) is 4.49. The summed E-state index contributed by atoms with van der Waals surface area (Å²) in [7, 11) is 0. The number of thiophene rings is 1. The van der Waals surface area contributed by atoms with Gasteiger partial charge in [-0.25, -0.2) is 0 Å². The zero-order valence-corrected chi connectivity index (χ0v) is 18.1. The molecule has 0 radical (unpaired) electrons. The van der Waals surface area contributed by atoms with Gasteiger partial charge in [0, 0.05) is 12.1 Å². The van der Waals surface area contributed by atoms with E-state index in [9.17, 15) is 9.59 Å². The van der Waals surface area contributed by atoms with Gasteiger partial charge in [-0.05, 0) is 37.8 Å². The minimum atomic E-state index is -0.563. The number of nitrogens with zero attached hydrogens (tertiary/aromatic N) is 3. The second-order valence-electron chi connectivity index (χ2n) is 6.60. The molecule has 2 amide bonds. The summed E-state index contributed by atoms with van der Waals surface area (Å²) in [5, 5.41) is 13.9. The van der Waals surface area contributed by atoms with E-state index in [1.54, 1.807) is 18.4 Å². The van der Waals surface area contributed by atoms with Crippen molar-refractivity contribution in [1.29, 1.82) is 0 Å². The molecule has 0 saturated carbocycles. The smallest absolute Gasteiger partial charge is 0.251 e. The number of hydrogen-bond acceptors (Lipinski definition) is 6. The van der Waals surface area contributed by atoms with Crippen LogP contribution >= 0.6 is 23.1 Å². The molecule has 7 nitrogen and oxygen atoms in total. The zero-order chi connectivity index (χ0) is 21.0. The van der Waals surface area contributed by atoms with Crippen molar-refractivity contribution in [3.8, 4) is 11.4 Å². The molecule has 0 fully saturated rings.